The van der Waals surface area contributed by atoms with E-state index in [0.29, 0.717) is 18.5 Å². The standard InChI is InChI=1S/C19H23N3O3/c1-21(2)16-9-8-15(13-6-4-5-7-14(13)16)18(23)20-12-10-17(19(24)25)22(3)11-12/h4-9,12,17H,10-11H2,1-3H3,(H,20,23)(H,24,25)/t12-,17-/m0/s1. The Balaban J connectivity index is 1.86. The highest BCUT2D eigenvalue weighted by Gasteiger charge is 2.35. The highest BCUT2D eigenvalue weighted by molar-refractivity contribution is 6.10. The number of fused-ring (bicyclic) bond motifs is 1. The van der Waals surface area contributed by atoms with E-state index >= 15 is 0 Å². The summed E-state index contributed by atoms with van der Waals surface area (Å²) in [5, 5.41) is 14.1. The third-order valence-corrected chi connectivity index (χ3v) is 4.80. The summed E-state index contributed by atoms with van der Waals surface area (Å²) in [5.74, 6) is -1.01. The number of likely N-dealkylation sites (N-methyl/N-ethyl adjacent to an activating group) is 1. The lowest BCUT2D eigenvalue weighted by molar-refractivity contribution is -0.141. The Hall–Kier alpha value is -2.60. The molecule has 1 heterocycles. The van der Waals surface area contributed by atoms with Crippen LogP contribution < -0.4 is 10.2 Å². The number of aliphatic carboxylic acids is 1. The van der Waals surface area contributed by atoms with Gasteiger partial charge in [0, 0.05) is 43.3 Å². The van der Waals surface area contributed by atoms with Crippen molar-refractivity contribution in [1.29, 1.82) is 0 Å². The number of likely N-dealkylation sites (tertiary alicyclic amines) is 1. The predicted molar refractivity (Wildman–Crippen MR) is 98.2 cm³/mol. The molecule has 6 nitrogen and oxygen atoms in total. The van der Waals surface area contributed by atoms with Gasteiger partial charge < -0.3 is 15.3 Å². The summed E-state index contributed by atoms with van der Waals surface area (Å²) in [4.78, 5) is 27.8. The first-order chi connectivity index (χ1) is 11.9. The molecule has 132 valence electrons. The van der Waals surface area contributed by atoms with Gasteiger partial charge in [0.25, 0.3) is 5.91 Å². The largest absolute Gasteiger partial charge is 0.480 e. The van der Waals surface area contributed by atoms with Gasteiger partial charge >= 0.3 is 5.97 Å². The number of carbonyl (C=O) groups excluding carboxylic acids is 1. The highest BCUT2D eigenvalue weighted by Crippen LogP contribution is 2.28. The molecular weight excluding hydrogens is 318 g/mol. The molecule has 2 aromatic carbocycles. The van der Waals surface area contributed by atoms with Gasteiger partial charge in [-0.1, -0.05) is 24.3 Å². The van der Waals surface area contributed by atoms with Crippen LogP contribution in [0, 0.1) is 0 Å². The molecule has 0 unspecified atom stereocenters. The zero-order chi connectivity index (χ0) is 18.1. The van der Waals surface area contributed by atoms with Crippen molar-refractivity contribution in [2.45, 2.75) is 18.5 Å². The molecule has 1 amide bonds. The van der Waals surface area contributed by atoms with Crippen molar-refractivity contribution >= 4 is 28.3 Å². The van der Waals surface area contributed by atoms with E-state index in [0.717, 1.165) is 16.5 Å². The maximum atomic E-state index is 12.8. The molecule has 2 N–H and O–H groups in total. The molecule has 0 aliphatic carbocycles. The molecule has 2 atom stereocenters. The lowest BCUT2D eigenvalue weighted by Crippen LogP contribution is -2.36. The zero-order valence-electron chi connectivity index (χ0n) is 14.7. The van der Waals surface area contributed by atoms with Crippen molar-refractivity contribution in [3.8, 4) is 0 Å². The van der Waals surface area contributed by atoms with Crippen molar-refractivity contribution in [1.82, 2.24) is 10.2 Å². The van der Waals surface area contributed by atoms with Crippen LogP contribution in [0.5, 0.6) is 0 Å². The first-order valence-electron chi connectivity index (χ1n) is 8.31. The minimum atomic E-state index is -0.847. The number of nitrogens with zero attached hydrogens (tertiary/aromatic N) is 2. The van der Waals surface area contributed by atoms with E-state index < -0.39 is 12.0 Å². The summed E-state index contributed by atoms with van der Waals surface area (Å²) in [5.41, 5.74) is 1.67. The normalized spacial score (nSPS) is 20.6. The summed E-state index contributed by atoms with van der Waals surface area (Å²) >= 11 is 0. The van der Waals surface area contributed by atoms with E-state index in [1.165, 1.54) is 0 Å². The molecule has 25 heavy (non-hydrogen) atoms. The Morgan fingerprint density at radius 3 is 2.44 bits per heavy atom. The molecular formula is C19H23N3O3. The fourth-order valence-corrected chi connectivity index (χ4v) is 3.53. The van der Waals surface area contributed by atoms with Gasteiger partial charge in [0.15, 0.2) is 0 Å². The number of nitrogens with one attached hydrogen (secondary N) is 1. The number of hydrogen-bond acceptors (Lipinski definition) is 4. The quantitative estimate of drug-likeness (QED) is 0.887. The molecule has 3 rings (SSSR count). The van der Waals surface area contributed by atoms with Crippen LogP contribution in [0.4, 0.5) is 5.69 Å². The molecule has 1 saturated heterocycles. The monoisotopic (exact) mass is 341 g/mol. The van der Waals surface area contributed by atoms with Gasteiger partial charge in [0.05, 0.1) is 0 Å². The van der Waals surface area contributed by atoms with E-state index in [-0.39, 0.29) is 11.9 Å². The molecule has 2 aromatic rings. The number of benzene rings is 2. The molecule has 0 aromatic heterocycles. The first kappa shape index (κ1) is 17.2. The van der Waals surface area contributed by atoms with Crippen molar-refractivity contribution in [2.24, 2.45) is 0 Å². The third-order valence-electron chi connectivity index (χ3n) is 4.80. The molecule has 6 heteroatoms. The fourth-order valence-electron chi connectivity index (χ4n) is 3.53. The van der Waals surface area contributed by atoms with Crippen LogP contribution >= 0.6 is 0 Å². The van der Waals surface area contributed by atoms with E-state index in [1.54, 1.807) is 11.9 Å². The third kappa shape index (κ3) is 3.30. The second kappa shape index (κ2) is 6.72. The van der Waals surface area contributed by atoms with Crippen molar-refractivity contribution in [3.63, 3.8) is 0 Å². The maximum absolute atomic E-state index is 12.8. The number of rotatable bonds is 4. The van der Waals surface area contributed by atoms with Gasteiger partial charge in [-0.25, -0.2) is 0 Å². The summed E-state index contributed by atoms with van der Waals surface area (Å²) in [7, 11) is 5.72. The molecule has 0 spiro atoms. The van der Waals surface area contributed by atoms with Crippen LogP contribution in [0.15, 0.2) is 36.4 Å². The van der Waals surface area contributed by atoms with Gasteiger partial charge in [-0.3, -0.25) is 14.5 Å². The van der Waals surface area contributed by atoms with E-state index in [9.17, 15) is 14.7 Å². The second-order valence-corrected chi connectivity index (χ2v) is 6.77. The number of hydrogen-bond donors (Lipinski definition) is 2. The Labute approximate surface area is 147 Å². The molecule has 0 bridgehead atoms. The maximum Gasteiger partial charge on any atom is 0.320 e. The smallest absolute Gasteiger partial charge is 0.320 e. The average molecular weight is 341 g/mol. The lowest BCUT2D eigenvalue weighted by atomic mass is 10.0. The van der Waals surface area contributed by atoms with E-state index in [1.807, 2.05) is 55.4 Å². The topological polar surface area (TPSA) is 72.9 Å². The van der Waals surface area contributed by atoms with E-state index in [2.05, 4.69) is 5.32 Å². The first-order valence-corrected chi connectivity index (χ1v) is 8.31. The molecule has 0 radical (unpaired) electrons. The summed E-state index contributed by atoms with van der Waals surface area (Å²) in [6, 6.07) is 10.9. The molecule has 0 saturated carbocycles. The van der Waals surface area contributed by atoms with Gasteiger partial charge in [-0.05, 0) is 31.0 Å². The number of anilines is 1. The van der Waals surface area contributed by atoms with Gasteiger partial charge in [0.2, 0.25) is 0 Å². The van der Waals surface area contributed by atoms with Crippen molar-refractivity contribution < 1.29 is 14.7 Å². The van der Waals surface area contributed by atoms with Crippen molar-refractivity contribution in [3.05, 3.63) is 42.0 Å². The molecule has 1 aliphatic rings. The number of amides is 1. The van der Waals surface area contributed by atoms with Crippen LogP contribution in [0.1, 0.15) is 16.8 Å². The molecule has 1 aliphatic heterocycles. The Kier molecular flexibility index (Phi) is 4.63. The minimum Gasteiger partial charge on any atom is -0.480 e. The van der Waals surface area contributed by atoms with Gasteiger partial charge in [-0.2, -0.15) is 0 Å². The number of carboxylic acids is 1. The van der Waals surface area contributed by atoms with Gasteiger partial charge in [0.1, 0.15) is 6.04 Å². The fraction of sp³-hybridized carbons (Fsp3) is 0.368. The Bertz CT molecular complexity index is 819. The summed E-state index contributed by atoms with van der Waals surface area (Å²) in [6.45, 7) is 0.538. The zero-order valence-corrected chi connectivity index (χ0v) is 14.7. The number of carboxylic acid groups (broad SMARTS) is 1. The Morgan fingerprint density at radius 2 is 1.84 bits per heavy atom. The van der Waals surface area contributed by atoms with Crippen LogP contribution in [0.25, 0.3) is 10.8 Å². The van der Waals surface area contributed by atoms with Crippen LogP contribution in [0.3, 0.4) is 0 Å². The lowest BCUT2D eigenvalue weighted by Gasteiger charge is -2.18. The minimum absolute atomic E-state index is 0.161. The highest BCUT2D eigenvalue weighted by atomic mass is 16.4. The van der Waals surface area contributed by atoms with Gasteiger partial charge in [-0.15, -0.1) is 0 Å². The van der Waals surface area contributed by atoms with Crippen molar-refractivity contribution in [2.75, 3.05) is 32.6 Å². The predicted octanol–water partition coefficient (Wildman–Crippen LogP) is 1.79. The van der Waals surface area contributed by atoms with E-state index in [4.69, 9.17) is 0 Å². The van der Waals surface area contributed by atoms with Crippen LogP contribution in [-0.2, 0) is 4.79 Å². The average Bonchev–Trinajstić information content (AvgIpc) is 2.94. The SMILES string of the molecule is CN(C)c1ccc(C(=O)N[C@H]2C[C@@H](C(=O)O)N(C)C2)c2ccccc12. The second-order valence-electron chi connectivity index (χ2n) is 6.77. The Morgan fingerprint density at radius 1 is 1.16 bits per heavy atom. The number of carbonyl (C=O) groups is 2. The summed E-state index contributed by atoms with van der Waals surface area (Å²) < 4.78 is 0. The van der Waals surface area contributed by atoms with Crippen LogP contribution in [0.2, 0.25) is 0 Å². The van der Waals surface area contributed by atoms with Crippen LogP contribution in [-0.4, -0.2) is 61.7 Å². The molecule has 1 fully saturated rings. The summed E-state index contributed by atoms with van der Waals surface area (Å²) in [6.07, 6.45) is 0.422.